The maximum Gasteiger partial charge on any atom is 0.388 e. The van der Waals surface area contributed by atoms with Crippen molar-refractivity contribution in [3.63, 3.8) is 0 Å². The van der Waals surface area contributed by atoms with Gasteiger partial charge in [-0.1, -0.05) is 37.0 Å². The van der Waals surface area contributed by atoms with Crippen LogP contribution in [0.15, 0.2) is 75.4 Å². The first-order chi connectivity index (χ1) is 14.6. The fourth-order valence-corrected chi connectivity index (χ4v) is 2.42. The van der Waals surface area contributed by atoms with Crippen molar-refractivity contribution in [3.05, 3.63) is 75.4 Å². The molecule has 1 unspecified atom stereocenters. The zero-order chi connectivity index (χ0) is 24.4. The van der Waals surface area contributed by atoms with Gasteiger partial charge >= 0.3 is 6.11 Å². The van der Waals surface area contributed by atoms with Crippen LogP contribution in [0.5, 0.6) is 0 Å². The smallest absolute Gasteiger partial charge is 0.357 e. The van der Waals surface area contributed by atoms with Crippen LogP contribution in [0, 0.1) is 0 Å². The summed E-state index contributed by atoms with van der Waals surface area (Å²) >= 11 is 0. The van der Waals surface area contributed by atoms with Gasteiger partial charge in [0.25, 0.3) is 0 Å². The lowest BCUT2D eigenvalue weighted by atomic mass is 9.90. The quantitative estimate of drug-likeness (QED) is 0.128. The number of rotatable bonds is 18. The number of ether oxygens (including phenoxy) is 3. The minimum Gasteiger partial charge on any atom is -0.357 e. The van der Waals surface area contributed by atoms with Gasteiger partial charge in [-0.3, -0.25) is 4.39 Å². The van der Waals surface area contributed by atoms with E-state index in [1.807, 2.05) is 0 Å². The highest BCUT2D eigenvalue weighted by atomic mass is 19.3. The molecule has 178 valence electrons. The van der Waals surface area contributed by atoms with Crippen molar-refractivity contribution in [2.75, 3.05) is 26.5 Å². The highest BCUT2D eigenvalue weighted by Crippen LogP contribution is 2.41. The van der Waals surface area contributed by atoms with Crippen molar-refractivity contribution >= 4 is 0 Å². The van der Waals surface area contributed by atoms with E-state index >= 15 is 0 Å². The van der Waals surface area contributed by atoms with Gasteiger partial charge < -0.3 is 14.2 Å². The molecular weight excluding hydrogens is 412 g/mol. The average molecular weight is 449 g/mol. The van der Waals surface area contributed by atoms with Crippen LogP contribution in [0.25, 0.3) is 0 Å². The Hall–Kier alpha value is -1.96. The van der Waals surface area contributed by atoms with Crippen LogP contribution in [0.1, 0.15) is 32.6 Å². The predicted octanol–water partition coefficient (Wildman–Crippen LogP) is 7.06. The van der Waals surface area contributed by atoms with Gasteiger partial charge in [-0.15, -0.1) is 32.9 Å². The summed E-state index contributed by atoms with van der Waals surface area (Å²) in [5, 5.41) is 0. The van der Waals surface area contributed by atoms with Crippen LogP contribution in [-0.2, 0) is 14.2 Å². The first-order valence-electron chi connectivity index (χ1n) is 9.81. The van der Waals surface area contributed by atoms with E-state index in [1.54, 1.807) is 0 Å². The van der Waals surface area contributed by atoms with Crippen molar-refractivity contribution in [3.8, 4) is 0 Å². The molecule has 0 radical (unpaired) electrons. The highest BCUT2D eigenvalue weighted by molar-refractivity contribution is 5.17. The molecule has 0 saturated heterocycles. The van der Waals surface area contributed by atoms with Crippen molar-refractivity contribution in [2.45, 2.75) is 50.2 Å². The Balaban J connectivity index is 0. The van der Waals surface area contributed by atoms with Crippen molar-refractivity contribution in [1.82, 2.24) is 0 Å². The Bertz CT molecular complexity index is 565. The molecule has 0 aromatic carbocycles. The lowest BCUT2D eigenvalue weighted by molar-refractivity contribution is -0.326. The van der Waals surface area contributed by atoms with Gasteiger partial charge in [-0.05, 0) is 18.9 Å². The molecule has 0 aromatic heterocycles. The van der Waals surface area contributed by atoms with E-state index in [9.17, 15) is 17.6 Å². The molecule has 7 heteroatoms. The predicted molar refractivity (Wildman–Crippen MR) is 120 cm³/mol. The van der Waals surface area contributed by atoms with Crippen LogP contribution < -0.4 is 0 Å². The monoisotopic (exact) mass is 448 g/mol. The summed E-state index contributed by atoms with van der Waals surface area (Å²) in [4.78, 5) is 0. The zero-order valence-electron chi connectivity index (χ0n) is 18.5. The van der Waals surface area contributed by atoms with Crippen LogP contribution in [0.2, 0.25) is 0 Å². The topological polar surface area (TPSA) is 27.7 Å². The Kier molecular flexibility index (Phi) is 16.8. The first kappa shape index (κ1) is 31.2. The van der Waals surface area contributed by atoms with Gasteiger partial charge in [0.05, 0.1) is 26.5 Å². The summed E-state index contributed by atoms with van der Waals surface area (Å²) in [7, 11) is 0. The van der Waals surface area contributed by atoms with Crippen LogP contribution in [0.4, 0.5) is 17.6 Å². The van der Waals surface area contributed by atoms with E-state index in [0.29, 0.717) is 0 Å². The van der Waals surface area contributed by atoms with E-state index < -0.39 is 30.8 Å². The second-order valence-corrected chi connectivity index (χ2v) is 6.58. The van der Waals surface area contributed by atoms with Gasteiger partial charge in [0.15, 0.2) is 5.60 Å². The van der Waals surface area contributed by atoms with Gasteiger partial charge in [-0.2, -0.15) is 8.78 Å². The van der Waals surface area contributed by atoms with Gasteiger partial charge in [0.2, 0.25) is 5.85 Å². The normalized spacial score (nSPS) is 13.2. The fourth-order valence-electron chi connectivity index (χ4n) is 2.42. The number of hydrogen-bond acceptors (Lipinski definition) is 3. The minimum absolute atomic E-state index is 0.0806. The van der Waals surface area contributed by atoms with E-state index in [2.05, 4.69) is 44.2 Å². The Morgan fingerprint density at radius 2 is 1.26 bits per heavy atom. The molecule has 0 aliphatic heterocycles. The molecule has 0 heterocycles. The molecule has 0 amide bonds. The third kappa shape index (κ3) is 11.3. The molecule has 0 aliphatic rings. The average Bonchev–Trinajstić information content (AvgIpc) is 2.70. The summed E-state index contributed by atoms with van der Waals surface area (Å²) in [6.07, 6.45) is 3.63. The van der Waals surface area contributed by atoms with Crippen molar-refractivity contribution in [2.24, 2.45) is 0 Å². The van der Waals surface area contributed by atoms with Gasteiger partial charge in [0, 0.05) is 19.3 Å². The molecule has 0 saturated carbocycles. The van der Waals surface area contributed by atoms with Crippen LogP contribution in [-0.4, -0.2) is 44.1 Å². The minimum atomic E-state index is -3.62. The van der Waals surface area contributed by atoms with E-state index in [-0.39, 0.29) is 44.5 Å². The van der Waals surface area contributed by atoms with Gasteiger partial charge in [0.1, 0.15) is 0 Å². The summed E-state index contributed by atoms with van der Waals surface area (Å²) in [6, 6.07) is 0. The summed E-state index contributed by atoms with van der Waals surface area (Å²) < 4.78 is 68.6. The molecule has 0 rings (SSSR count). The number of halogens is 4. The van der Waals surface area contributed by atoms with E-state index in [1.165, 1.54) is 37.3 Å². The van der Waals surface area contributed by atoms with Crippen molar-refractivity contribution in [1.29, 1.82) is 0 Å². The highest BCUT2D eigenvalue weighted by Gasteiger charge is 2.56. The van der Waals surface area contributed by atoms with Crippen LogP contribution >= 0.6 is 0 Å². The standard InChI is InChI=1S/C14H21F3O2.C10H15FO/c1-5-8-13(12(3)4,18-10-6-2)14(16,17)19-11-7-9-15;1-4-7-10(11,8-5-2)12-9-6-3/h5-6H,1-3,7-11H2,4H3;4-6H,1-3,7-9H2. The molecule has 31 heavy (non-hydrogen) atoms. The lowest BCUT2D eigenvalue weighted by Crippen LogP contribution is -2.52. The molecule has 0 aromatic rings. The summed E-state index contributed by atoms with van der Waals surface area (Å²) in [5.41, 5.74) is -1.90. The third-order valence-corrected chi connectivity index (χ3v) is 3.96. The largest absolute Gasteiger partial charge is 0.388 e. The maximum atomic E-state index is 14.2. The Morgan fingerprint density at radius 1 is 0.774 bits per heavy atom. The molecule has 0 bridgehead atoms. The summed E-state index contributed by atoms with van der Waals surface area (Å²) in [6.45, 7) is 21.2. The fraction of sp³-hybridized carbons (Fsp3) is 0.500. The first-order valence-corrected chi connectivity index (χ1v) is 9.81. The molecule has 0 N–H and O–H groups in total. The SMILES string of the molecule is C=CCOC(CC=C)(C(=C)C)C(F)(F)OCCCF.C=CCOC(F)(CC=C)CC=C. The van der Waals surface area contributed by atoms with Crippen LogP contribution in [0.3, 0.4) is 0 Å². The van der Waals surface area contributed by atoms with E-state index in [4.69, 9.17) is 9.47 Å². The maximum absolute atomic E-state index is 14.2. The Morgan fingerprint density at radius 3 is 1.65 bits per heavy atom. The molecule has 1 atom stereocenters. The number of hydrogen-bond donors (Lipinski definition) is 0. The van der Waals surface area contributed by atoms with E-state index in [0.717, 1.165) is 0 Å². The lowest BCUT2D eigenvalue weighted by Gasteiger charge is -2.39. The summed E-state index contributed by atoms with van der Waals surface area (Å²) in [5.74, 6) is -1.66. The zero-order valence-corrected chi connectivity index (χ0v) is 18.5. The Labute approximate surface area is 184 Å². The molecule has 0 aliphatic carbocycles. The second-order valence-electron chi connectivity index (χ2n) is 6.58. The number of alkyl halides is 4. The molecule has 0 spiro atoms. The second kappa shape index (κ2) is 16.7. The van der Waals surface area contributed by atoms with Crippen molar-refractivity contribution < 1.29 is 31.8 Å². The molecule has 0 fully saturated rings. The molecule has 3 nitrogen and oxygen atoms in total. The third-order valence-electron chi connectivity index (χ3n) is 3.96. The molecular formula is C24H36F4O3. The van der Waals surface area contributed by atoms with Gasteiger partial charge in [-0.25, -0.2) is 4.39 Å².